The molecule has 0 bridgehead atoms. The smallest absolute Gasteiger partial charge is 0.154 e. The van der Waals surface area contributed by atoms with Crippen molar-refractivity contribution in [3.63, 3.8) is 0 Å². The van der Waals surface area contributed by atoms with Crippen LogP contribution in [0.5, 0.6) is 17.2 Å². The quantitative estimate of drug-likeness (QED) is 0.818. The second-order valence-electron chi connectivity index (χ2n) is 5.01. The van der Waals surface area contributed by atoms with Gasteiger partial charge in [0.25, 0.3) is 0 Å². The van der Waals surface area contributed by atoms with Crippen molar-refractivity contribution >= 4 is 11.4 Å². The Balaban J connectivity index is 2.21. The molecule has 0 aliphatic rings. The van der Waals surface area contributed by atoms with E-state index in [1.165, 1.54) is 0 Å². The number of ether oxygens (including phenoxy) is 2. The fraction of sp³-hybridized carbons (Fsp3) is 0.294. The summed E-state index contributed by atoms with van der Waals surface area (Å²) in [7, 11) is 3.99. The van der Waals surface area contributed by atoms with Crippen LogP contribution in [0, 0.1) is 0 Å². The first kappa shape index (κ1) is 15.0. The highest BCUT2D eigenvalue weighted by Gasteiger charge is 2.08. The number of rotatable bonds is 6. The van der Waals surface area contributed by atoms with Crippen LogP contribution in [0.3, 0.4) is 0 Å². The number of benzene rings is 2. The normalized spacial score (nSPS) is 10.2. The lowest BCUT2D eigenvalue weighted by Crippen LogP contribution is -2.08. The number of nitrogens with zero attached hydrogens (tertiary/aromatic N) is 1. The van der Waals surface area contributed by atoms with E-state index in [1.807, 2.05) is 61.5 Å². The molecular weight excluding hydrogens is 264 g/mol. The molecule has 0 unspecified atom stereocenters. The van der Waals surface area contributed by atoms with Crippen LogP contribution < -0.4 is 20.1 Å². The van der Waals surface area contributed by atoms with Crippen molar-refractivity contribution in [2.45, 2.75) is 13.3 Å². The Kier molecular flexibility index (Phi) is 4.93. The van der Waals surface area contributed by atoms with Crippen LogP contribution in [-0.2, 0) is 0 Å². The molecule has 0 radical (unpaired) electrons. The maximum absolute atomic E-state index is 6.11. The van der Waals surface area contributed by atoms with Gasteiger partial charge < -0.3 is 20.1 Å². The Bertz CT molecular complexity index is 597. The number of nitrogen functional groups attached to an aromatic ring is 1. The lowest BCUT2D eigenvalue weighted by molar-refractivity contribution is 0.318. The molecule has 0 aliphatic carbocycles. The van der Waals surface area contributed by atoms with Crippen LogP contribution in [0.4, 0.5) is 11.4 Å². The minimum absolute atomic E-state index is 0.529. The molecule has 0 heterocycles. The van der Waals surface area contributed by atoms with Gasteiger partial charge in [0.1, 0.15) is 17.2 Å². The number of nitrogens with two attached hydrogens (primary N) is 1. The van der Waals surface area contributed by atoms with E-state index >= 15 is 0 Å². The van der Waals surface area contributed by atoms with Gasteiger partial charge in [-0.15, -0.1) is 0 Å². The van der Waals surface area contributed by atoms with Crippen LogP contribution in [0.1, 0.15) is 13.3 Å². The Labute approximate surface area is 126 Å². The van der Waals surface area contributed by atoms with Crippen molar-refractivity contribution in [3.8, 4) is 17.2 Å². The van der Waals surface area contributed by atoms with E-state index in [2.05, 4.69) is 6.92 Å². The van der Waals surface area contributed by atoms with Crippen molar-refractivity contribution in [1.29, 1.82) is 0 Å². The van der Waals surface area contributed by atoms with E-state index in [9.17, 15) is 0 Å². The van der Waals surface area contributed by atoms with E-state index < -0.39 is 0 Å². The predicted molar refractivity (Wildman–Crippen MR) is 87.5 cm³/mol. The summed E-state index contributed by atoms with van der Waals surface area (Å²) >= 11 is 0. The number of anilines is 2. The fourth-order valence-electron chi connectivity index (χ4n) is 1.90. The highest BCUT2D eigenvalue weighted by molar-refractivity contribution is 5.64. The summed E-state index contributed by atoms with van der Waals surface area (Å²) in [5, 5.41) is 0. The first-order valence-electron chi connectivity index (χ1n) is 7.08. The van der Waals surface area contributed by atoms with Crippen molar-refractivity contribution < 1.29 is 9.47 Å². The van der Waals surface area contributed by atoms with Gasteiger partial charge in [0, 0.05) is 25.8 Å². The molecule has 0 spiro atoms. The van der Waals surface area contributed by atoms with Crippen LogP contribution in [0.25, 0.3) is 0 Å². The van der Waals surface area contributed by atoms with E-state index in [1.54, 1.807) is 0 Å². The predicted octanol–water partition coefficient (Wildman–Crippen LogP) is 3.92. The van der Waals surface area contributed by atoms with Gasteiger partial charge in [-0.05, 0) is 30.7 Å². The molecule has 0 aromatic heterocycles. The van der Waals surface area contributed by atoms with Gasteiger partial charge in [0.15, 0.2) is 5.75 Å². The molecule has 2 aromatic carbocycles. The lowest BCUT2D eigenvalue weighted by Gasteiger charge is -2.15. The van der Waals surface area contributed by atoms with Gasteiger partial charge in [0.2, 0.25) is 0 Å². The standard InChI is InChI=1S/C17H22N2O2/c1-4-11-20-15-9-6-10-16(17(15)18)21-14-8-5-7-13(12-14)19(2)3/h5-10,12H,4,11,18H2,1-3H3. The maximum Gasteiger partial charge on any atom is 0.154 e. The zero-order valence-corrected chi connectivity index (χ0v) is 12.8. The second-order valence-corrected chi connectivity index (χ2v) is 5.01. The van der Waals surface area contributed by atoms with E-state index in [0.29, 0.717) is 23.8 Å². The molecule has 112 valence electrons. The largest absolute Gasteiger partial charge is 0.491 e. The average molecular weight is 286 g/mol. The Hall–Kier alpha value is -2.36. The van der Waals surface area contributed by atoms with E-state index in [4.69, 9.17) is 15.2 Å². The molecule has 0 aliphatic heterocycles. The highest BCUT2D eigenvalue weighted by Crippen LogP contribution is 2.35. The van der Waals surface area contributed by atoms with Crippen molar-refractivity contribution in [1.82, 2.24) is 0 Å². The van der Waals surface area contributed by atoms with Crippen molar-refractivity contribution in [2.75, 3.05) is 31.3 Å². The van der Waals surface area contributed by atoms with Gasteiger partial charge in [-0.3, -0.25) is 0 Å². The monoisotopic (exact) mass is 286 g/mol. The lowest BCUT2D eigenvalue weighted by atomic mass is 10.2. The molecule has 0 amide bonds. The summed E-state index contributed by atoms with van der Waals surface area (Å²) in [6.07, 6.45) is 0.940. The van der Waals surface area contributed by atoms with Crippen LogP contribution in [0.15, 0.2) is 42.5 Å². The van der Waals surface area contributed by atoms with Gasteiger partial charge in [-0.1, -0.05) is 19.1 Å². The number of hydrogen-bond donors (Lipinski definition) is 1. The van der Waals surface area contributed by atoms with Crippen molar-refractivity contribution in [2.24, 2.45) is 0 Å². The fourth-order valence-corrected chi connectivity index (χ4v) is 1.90. The van der Waals surface area contributed by atoms with Gasteiger partial charge in [-0.2, -0.15) is 0 Å². The summed E-state index contributed by atoms with van der Waals surface area (Å²) in [4.78, 5) is 2.02. The Morgan fingerprint density at radius 1 is 1.05 bits per heavy atom. The van der Waals surface area contributed by atoms with Crippen LogP contribution in [0.2, 0.25) is 0 Å². The second kappa shape index (κ2) is 6.88. The summed E-state index contributed by atoms with van der Waals surface area (Å²) in [5.41, 5.74) is 7.71. The zero-order chi connectivity index (χ0) is 15.2. The molecule has 4 nitrogen and oxygen atoms in total. The minimum atomic E-state index is 0.529. The molecule has 4 heteroatoms. The SMILES string of the molecule is CCCOc1cccc(Oc2cccc(N(C)C)c2)c1N. The molecule has 0 saturated carbocycles. The van der Waals surface area contributed by atoms with Gasteiger partial charge in [0.05, 0.1) is 6.61 Å². The highest BCUT2D eigenvalue weighted by atomic mass is 16.5. The van der Waals surface area contributed by atoms with Gasteiger partial charge in [-0.25, -0.2) is 0 Å². The first-order chi connectivity index (χ1) is 10.1. The molecule has 2 rings (SSSR count). The molecule has 0 fully saturated rings. The Morgan fingerprint density at radius 2 is 1.76 bits per heavy atom. The number of para-hydroxylation sites is 1. The summed E-state index contributed by atoms with van der Waals surface area (Å²) in [6, 6.07) is 13.4. The van der Waals surface area contributed by atoms with Gasteiger partial charge >= 0.3 is 0 Å². The molecule has 2 aromatic rings. The topological polar surface area (TPSA) is 47.7 Å². The average Bonchev–Trinajstić information content (AvgIpc) is 2.48. The summed E-state index contributed by atoms with van der Waals surface area (Å²) in [6.45, 7) is 2.70. The third-order valence-electron chi connectivity index (χ3n) is 3.05. The summed E-state index contributed by atoms with van der Waals surface area (Å²) in [5.74, 6) is 2.03. The maximum atomic E-state index is 6.11. The molecule has 0 atom stereocenters. The first-order valence-corrected chi connectivity index (χ1v) is 7.08. The van der Waals surface area contributed by atoms with E-state index in [-0.39, 0.29) is 0 Å². The third-order valence-corrected chi connectivity index (χ3v) is 3.05. The minimum Gasteiger partial charge on any atom is -0.491 e. The summed E-state index contributed by atoms with van der Waals surface area (Å²) < 4.78 is 11.5. The van der Waals surface area contributed by atoms with E-state index in [0.717, 1.165) is 17.9 Å². The Morgan fingerprint density at radius 3 is 2.48 bits per heavy atom. The zero-order valence-electron chi connectivity index (χ0n) is 12.8. The van der Waals surface area contributed by atoms with Crippen LogP contribution in [-0.4, -0.2) is 20.7 Å². The molecule has 21 heavy (non-hydrogen) atoms. The molecule has 0 saturated heterocycles. The molecular formula is C17H22N2O2. The molecule has 2 N–H and O–H groups in total. The number of hydrogen-bond acceptors (Lipinski definition) is 4. The van der Waals surface area contributed by atoms with Crippen LogP contribution >= 0.6 is 0 Å². The van der Waals surface area contributed by atoms with Crippen molar-refractivity contribution in [3.05, 3.63) is 42.5 Å². The third kappa shape index (κ3) is 3.81.